The van der Waals surface area contributed by atoms with Gasteiger partial charge in [-0.15, -0.1) is 0 Å². The predicted octanol–water partition coefficient (Wildman–Crippen LogP) is 2.17. The summed E-state index contributed by atoms with van der Waals surface area (Å²) in [6.07, 6.45) is 0.944. The number of hydrogen-bond donors (Lipinski definition) is 1. The molecule has 0 aliphatic heterocycles. The molecule has 17 heavy (non-hydrogen) atoms. The van der Waals surface area contributed by atoms with Crippen molar-refractivity contribution in [1.29, 1.82) is 0 Å². The maximum Gasteiger partial charge on any atom is 0.360 e. The topological polar surface area (TPSA) is 70.1 Å². The van der Waals surface area contributed by atoms with Crippen LogP contribution in [0.3, 0.4) is 0 Å². The Morgan fingerprint density at radius 1 is 1.53 bits per heavy atom. The monoisotopic (exact) mass is 239 g/mol. The van der Waals surface area contributed by atoms with Crippen molar-refractivity contribution in [2.75, 3.05) is 12.8 Å². The fourth-order valence-corrected chi connectivity index (χ4v) is 2.18. The molecule has 0 saturated heterocycles. The fraction of sp³-hybridized carbons (Fsp3) is 0.667. The van der Waals surface area contributed by atoms with E-state index < -0.39 is 5.97 Å². The highest BCUT2D eigenvalue weighted by Gasteiger charge is 2.24. The zero-order chi connectivity index (χ0) is 13.2. The smallest absolute Gasteiger partial charge is 0.360 e. The molecule has 0 aliphatic rings. The van der Waals surface area contributed by atoms with Gasteiger partial charge in [-0.2, -0.15) is 0 Å². The Labute approximate surface area is 102 Å². The molecule has 0 aromatic carbocycles. The molecule has 1 aromatic rings. The van der Waals surface area contributed by atoms with Gasteiger partial charge in [0.05, 0.1) is 7.11 Å². The van der Waals surface area contributed by atoms with Crippen LogP contribution in [0.1, 0.15) is 49.5 Å². The number of carbonyl (C=O) groups excluding carboxylic acids is 1. The highest BCUT2D eigenvalue weighted by Crippen LogP contribution is 2.28. The minimum Gasteiger partial charge on any atom is -0.464 e. The van der Waals surface area contributed by atoms with E-state index in [4.69, 9.17) is 5.73 Å². The Morgan fingerprint density at radius 2 is 2.12 bits per heavy atom. The van der Waals surface area contributed by atoms with Gasteiger partial charge in [0.25, 0.3) is 0 Å². The molecule has 0 saturated carbocycles. The van der Waals surface area contributed by atoms with Crippen molar-refractivity contribution in [3.63, 3.8) is 0 Å². The van der Waals surface area contributed by atoms with Gasteiger partial charge in [0.15, 0.2) is 5.69 Å². The Bertz CT molecular complexity index is 410. The van der Waals surface area contributed by atoms with Crippen LogP contribution in [0, 0.1) is 12.8 Å². The molecule has 0 bridgehead atoms. The van der Waals surface area contributed by atoms with Crippen LogP contribution >= 0.6 is 0 Å². The van der Waals surface area contributed by atoms with Gasteiger partial charge < -0.3 is 15.0 Å². The number of carbonyl (C=O) groups is 1. The Morgan fingerprint density at radius 3 is 2.53 bits per heavy atom. The first-order chi connectivity index (χ1) is 7.93. The predicted molar refractivity (Wildman–Crippen MR) is 66.9 cm³/mol. The number of esters is 1. The highest BCUT2D eigenvalue weighted by atomic mass is 16.5. The van der Waals surface area contributed by atoms with E-state index in [-0.39, 0.29) is 11.7 Å². The SMILES string of the molecule is CCC(C(C)C)n1c(C)nc(C(=O)OC)c1N. The van der Waals surface area contributed by atoms with Crippen LogP contribution in [0.2, 0.25) is 0 Å². The molecule has 0 aliphatic carbocycles. The van der Waals surface area contributed by atoms with Crippen LogP contribution < -0.4 is 5.73 Å². The Hall–Kier alpha value is -1.52. The number of nitrogen functional groups attached to an aromatic ring is 1. The quantitative estimate of drug-likeness (QED) is 0.817. The van der Waals surface area contributed by atoms with Gasteiger partial charge in [-0.05, 0) is 19.3 Å². The summed E-state index contributed by atoms with van der Waals surface area (Å²) >= 11 is 0. The lowest BCUT2D eigenvalue weighted by Gasteiger charge is -2.23. The van der Waals surface area contributed by atoms with Crippen molar-refractivity contribution in [3.05, 3.63) is 11.5 Å². The van der Waals surface area contributed by atoms with Gasteiger partial charge in [0.1, 0.15) is 11.6 Å². The van der Waals surface area contributed by atoms with Crippen LogP contribution in [0.4, 0.5) is 5.82 Å². The molecule has 0 fully saturated rings. The minimum atomic E-state index is -0.483. The van der Waals surface area contributed by atoms with Crippen LogP contribution in [0.25, 0.3) is 0 Å². The zero-order valence-corrected chi connectivity index (χ0v) is 11.2. The highest BCUT2D eigenvalue weighted by molar-refractivity contribution is 5.92. The minimum absolute atomic E-state index is 0.212. The molecular weight excluding hydrogens is 218 g/mol. The van der Waals surface area contributed by atoms with E-state index in [0.29, 0.717) is 11.7 Å². The fourth-order valence-electron chi connectivity index (χ4n) is 2.18. The molecule has 1 aromatic heterocycles. The molecule has 0 amide bonds. The molecule has 1 heterocycles. The van der Waals surface area contributed by atoms with E-state index >= 15 is 0 Å². The van der Waals surface area contributed by atoms with E-state index in [0.717, 1.165) is 12.2 Å². The van der Waals surface area contributed by atoms with Gasteiger partial charge in [-0.3, -0.25) is 0 Å². The second-order valence-corrected chi connectivity index (χ2v) is 4.47. The number of hydrogen-bond acceptors (Lipinski definition) is 4. The molecule has 96 valence electrons. The molecule has 5 heteroatoms. The molecular formula is C12H21N3O2. The molecule has 0 spiro atoms. The third kappa shape index (κ3) is 2.43. The summed E-state index contributed by atoms with van der Waals surface area (Å²) in [5.74, 6) is 1.10. The molecule has 0 radical (unpaired) electrons. The average molecular weight is 239 g/mol. The number of ether oxygens (including phenoxy) is 1. The third-order valence-electron chi connectivity index (χ3n) is 3.02. The van der Waals surface area contributed by atoms with Crippen LogP contribution in [0.15, 0.2) is 0 Å². The molecule has 5 nitrogen and oxygen atoms in total. The largest absolute Gasteiger partial charge is 0.464 e. The zero-order valence-electron chi connectivity index (χ0n) is 11.2. The summed E-state index contributed by atoms with van der Waals surface area (Å²) in [7, 11) is 1.33. The lowest BCUT2D eigenvalue weighted by Crippen LogP contribution is -2.18. The molecule has 2 N–H and O–H groups in total. The van der Waals surface area contributed by atoms with Crippen molar-refractivity contribution < 1.29 is 9.53 Å². The second kappa shape index (κ2) is 5.21. The van der Waals surface area contributed by atoms with E-state index in [2.05, 4.69) is 30.5 Å². The summed E-state index contributed by atoms with van der Waals surface area (Å²) in [5.41, 5.74) is 6.21. The number of anilines is 1. The number of aryl methyl sites for hydroxylation is 1. The summed E-state index contributed by atoms with van der Waals surface area (Å²) < 4.78 is 6.59. The van der Waals surface area contributed by atoms with Gasteiger partial charge in [0.2, 0.25) is 0 Å². The van der Waals surface area contributed by atoms with Crippen molar-refractivity contribution in [3.8, 4) is 0 Å². The Balaban J connectivity index is 3.25. The second-order valence-electron chi connectivity index (χ2n) is 4.47. The summed E-state index contributed by atoms with van der Waals surface area (Å²) in [5, 5.41) is 0. The lowest BCUT2D eigenvalue weighted by molar-refractivity contribution is 0.0595. The standard InChI is InChI=1S/C12H21N3O2/c1-6-9(7(2)3)15-8(4)14-10(11(15)13)12(16)17-5/h7,9H,6,13H2,1-5H3. The average Bonchev–Trinajstić information content (AvgIpc) is 2.56. The Kier molecular flexibility index (Phi) is 4.15. The normalized spacial score (nSPS) is 12.8. The van der Waals surface area contributed by atoms with Crippen LogP contribution in [-0.2, 0) is 4.74 Å². The number of aromatic nitrogens is 2. The van der Waals surface area contributed by atoms with Crippen molar-refractivity contribution in [2.24, 2.45) is 5.92 Å². The van der Waals surface area contributed by atoms with Crippen LogP contribution in [-0.4, -0.2) is 22.6 Å². The maximum atomic E-state index is 11.5. The van der Waals surface area contributed by atoms with Gasteiger partial charge in [0, 0.05) is 6.04 Å². The summed E-state index contributed by atoms with van der Waals surface area (Å²) in [6, 6.07) is 0.251. The number of nitrogens with two attached hydrogens (primary N) is 1. The molecule has 1 rings (SSSR count). The molecule has 1 atom stereocenters. The van der Waals surface area contributed by atoms with Gasteiger partial charge in [-0.1, -0.05) is 20.8 Å². The number of rotatable bonds is 4. The van der Waals surface area contributed by atoms with Gasteiger partial charge >= 0.3 is 5.97 Å². The third-order valence-corrected chi connectivity index (χ3v) is 3.02. The van der Waals surface area contributed by atoms with Crippen LogP contribution in [0.5, 0.6) is 0 Å². The first-order valence-electron chi connectivity index (χ1n) is 5.86. The molecule has 1 unspecified atom stereocenters. The van der Waals surface area contributed by atoms with E-state index in [1.165, 1.54) is 7.11 Å². The number of methoxy groups -OCH3 is 1. The van der Waals surface area contributed by atoms with E-state index in [9.17, 15) is 4.79 Å². The first-order valence-corrected chi connectivity index (χ1v) is 5.86. The first kappa shape index (κ1) is 13.5. The number of imidazole rings is 1. The number of nitrogens with zero attached hydrogens (tertiary/aromatic N) is 2. The van der Waals surface area contributed by atoms with Crippen molar-refractivity contribution in [1.82, 2.24) is 9.55 Å². The maximum absolute atomic E-state index is 11.5. The van der Waals surface area contributed by atoms with E-state index in [1.54, 1.807) is 0 Å². The van der Waals surface area contributed by atoms with Gasteiger partial charge in [-0.25, -0.2) is 9.78 Å². The van der Waals surface area contributed by atoms with Crippen molar-refractivity contribution >= 4 is 11.8 Å². The lowest BCUT2D eigenvalue weighted by atomic mass is 10.0. The summed E-state index contributed by atoms with van der Waals surface area (Å²) in [4.78, 5) is 15.7. The van der Waals surface area contributed by atoms with Crippen molar-refractivity contribution in [2.45, 2.75) is 40.2 Å². The van der Waals surface area contributed by atoms with E-state index in [1.807, 2.05) is 11.5 Å². The summed E-state index contributed by atoms with van der Waals surface area (Å²) in [6.45, 7) is 8.21.